The highest BCUT2D eigenvalue weighted by molar-refractivity contribution is 7.21. The molecule has 1 aliphatic heterocycles. The first-order valence-electron chi connectivity index (χ1n) is 9.82. The number of nitrogens with zero attached hydrogens (tertiary/aromatic N) is 3. The zero-order valence-electron chi connectivity index (χ0n) is 17.2. The van der Waals surface area contributed by atoms with Gasteiger partial charge in [-0.2, -0.15) is 0 Å². The van der Waals surface area contributed by atoms with Crippen molar-refractivity contribution in [2.24, 2.45) is 5.92 Å². The molecule has 1 aliphatic rings. The number of carbonyl (C=O) groups excluding carboxylic acids is 1. The van der Waals surface area contributed by atoms with Gasteiger partial charge in [-0.05, 0) is 57.4 Å². The third-order valence-corrected chi connectivity index (χ3v) is 5.81. The molecule has 3 aromatic rings. The largest absolute Gasteiger partial charge is 0.443 e. The highest BCUT2D eigenvalue weighted by atomic mass is 32.1. The Bertz CT molecular complexity index is 1070. The Morgan fingerprint density at radius 2 is 1.93 bits per heavy atom. The summed E-state index contributed by atoms with van der Waals surface area (Å²) in [4.78, 5) is 23.5. The smallest absolute Gasteiger partial charge is 0.414 e. The zero-order valence-corrected chi connectivity index (χ0v) is 18.0. The van der Waals surface area contributed by atoms with Crippen molar-refractivity contribution in [3.05, 3.63) is 54.4 Å². The van der Waals surface area contributed by atoms with Crippen LogP contribution in [0.25, 0.3) is 26.5 Å². The summed E-state index contributed by atoms with van der Waals surface area (Å²) >= 11 is 1.66. The fourth-order valence-corrected chi connectivity index (χ4v) is 4.33. The van der Waals surface area contributed by atoms with Crippen molar-refractivity contribution >= 4 is 33.3 Å². The van der Waals surface area contributed by atoms with Crippen LogP contribution in [-0.2, 0) is 4.74 Å². The van der Waals surface area contributed by atoms with E-state index >= 15 is 0 Å². The van der Waals surface area contributed by atoms with Crippen LogP contribution in [0.15, 0.2) is 48.8 Å². The van der Waals surface area contributed by atoms with E-state index < -0.39 is 5.60 Å². The molecule has 0 unspecified atom stereocenters. The van der Waals surface area contributed by atoms with E-state index in [4.69, 9.17) is 9.72 Å². The third-order valence-electron chi connectivity index (χ3n) is 4.72. The first kappa shape index (κ1) is 19.6. The minimum absolute atomic E-state index is 0.300. The molecular weight excluding hydrogens is 382 g/mol. The first-order chi connectivity index (χ1) is 13.8. The Morgan fingerprint density at radius 1 is 1.17 bits per heavy atom. The molecular formula is C23H25N3O2S. The monoisotopic (exact) mass is 407 g/mol. The second-order valence-corrected chi connectivity index (χ2v) is 9.49. The lowest BCUT2D eigenvalue weighted by Crippen LogP contribution is -2.39. The highest BCUT2D eigenvalue weighted by Crippen LogP contribution is 2.34. The molecule has 1 amide bonds. The van der Waals surface area contributed by atoms with Crippen LogP contribution in [0.5, 0.6) is 0 Å². The number of hydrogen-bond donors (Lipinski definition) is 0. The van der Waals surface area contributed by atoms with E-state index in [1.807, 2.05) is 32.9 Å². The number of benzene rings is 1. The number of amides is 1. The van der Waals surface area contributed by atoms with Gasteiger partial charge in [0.25, 0.3) is 0 Å². The average molecular weight is 408 g/mol. The average Bonchev–Trinajstić information content (AvgIpc) is 3.10. The Morgan fingerprint density at radius 3 is 2.66 bits per heavy atom. The van der Waals surface area contributed by atoms with E-state index in [-0.39, 0.29) is 6.09 Å². The number of ether oxygens (including phenoxy) is 1. The fourth-order valence-electron chi connectivity index (χ4n) is 3.38. The van der Waals surface area contributed by atoms with Gasteiger partial charge < -0.3 is 4.74 Å². The SMILES string of the molecule is C[C@H]1CC=C(c2ccc3sc(-c4ccncc4)nc3c2)N(C(=O)OC(C)(C)C)C1. The number of fused-ring (bicyclic) bond motifs is 1. The summed E-state index contributed by atoms with van der Waals surface area (Å²) in [7, 11) is 0. The maximum absolute atomic E-state index is 12.8. The van der Waals surface area contributed by atoms with Crippen LogP contribution in [0.1, 0.15) is 39.7 Å². The minimum atomic E-state index is -0.527. The first-order valence-corrected chi connectivity index (χ1v) is 10.6. The minimum Gasteiger partial charge on any atom is -0.443 e. The molecule has 4 rings (SSSR count). The molecule has 1 aromatic carbocycles. The standard InChI is InChI=1S/C23H25N3O2S/c1-15-5-7-19(26(14-15)22(27)28-23(2,3)4)17-6-8-20-18(13-17)25-21(29-20)16-9-11-24-12-10-16/h6-13,15H,5,14H2,1-4H3/t15-/m0/s1. The van der Waals surface area contributed by atoms with Gasteiger partial charge in [0.1, 0.15) is 10.6 Å². The van der Waals surface area contributed by atoms with Crippen molar-refractivity contribution < 1.29 is 9.53 Å². The van der Waals surface area contributed by atoms with Crippen molar-refractivity contribution in [3.8, 4) is 10.6 Å². The van der Waals surface area contributed by atoms with Crippen molar-refractivity contribution in [3.63, 3.8) is 0 Å². The molecule has 1 atom stereocenters. The Labute approximate surface area is 175 Å². The van der Waals surface area contributed by atoms with Gasteiger partial charge in [-0.15, -0.1) is 11.3 Å². The van der Waals surface area contributed by atoms with E-state index in [1.54, 1.807) is 28.6 Å². The molecule has 3 heterocycles. The second kappa shape index (κ2) is 7.59. The van der Waals surface area contributed by atoms with Crippen LogP contribution in [0.4, 0.5) is 4.79 Å². The van der Waals surface area contributed by atoms with Crippen molar-refractivity contribution in [2.75, 3.05) is 6.54 Å². The van der Waals surface area contributed by atoms with Crippen LogP contribution in [0.2, 0.25) is 0 Å². The quantitative estimate of drug-likeness (QED) is 0.525. The van der Waals surface area contributed by atoms with Crippen LogP contribution in [0, 0.1) is 5.92 Å². The Kier molecular flexibility index (Phi) is 5.13. The molecule has 0 aliphatic carbocycles. The number of hydrogen-bond acceptors (Lipinski definition) is 5. The van der Waals surface area contributed by atoms with Crippen molar-refractivity contribution in [2.45, 2.75) is 39.7 Å². The highest BCUT2D eigenvalue weighted by Gasteiger charge is 2.29. The van der Waals surface area contributed by atoms with E-state index in [0.29, 0.717) is 12.5 Å². The maximum Gasteiger partial charge on any atom is 0.414 e. The van der Waals surface area contributed by atoms with Gasteiger partial charge in [-0.1, -0.05) is 19.1 Å². The van der Waals surface area contributed by atoms with Gasteiger partial charge in [0.15, 0.2) is 0 Å². The molecule has 0 saturated carbocycles. The molecule has 29 heavy (non-hydrogen) atoms. The van der Waals surface area contributed by atoms with Gasteiger partial charge in [-0.25, -0.2) is 9.78 Å². The summed E-state index contributed by atoms with van der Waals surface area (Å²) in [5, 5.41) is 0.967. The molecule has 0 saturated heterocycles. The molecule has 0 radical (unpaired) electrons. The van der Waals surface area contributed by atoms with Gasteiger partial charge in [0, 0.05) is 30.1 Å². The summed E-state index contributed by atoms with van der Waals surface area (Å²) < 4.78 is 6.77. The van der Waals surface area contributed by atoms with E-state index in [2.05, 4.69) is 36.2 Å². The number of allylic oxidation sites excluding steroid dienone is 1. The number of thiazole rings is 1. The second-order valence-electron chi connectivity index (χ2n) is 8.46. The fraction of sp³-hybridized carbons (Fsp3) is 0.348. The molecule has 5 nitrogen and oxygen atoms in total. The lowest BCUT2D eigenvalue weighted by Gasteiger charge is -2.33. The summed E-state index contributed by atoms with van der Waals surface area (Å²) in [5.74, 6) is 0.396. The molecule has 6 heteroatoms. The van der Waals surface area contributed by atoms with Crippen LogP contribution in [0.3, 0.4) is 0 Å². The summed E-state index contributed by atoms with van der Waals surface area (Å²) in [5.41, 5.74) is 3.35. The van der Waals surface area contributed by atoms with E-state index in [0.717, 1.165) is 38.5 Å². The third kappa shape index (κ3) is 4.32. The summed E-state index contributed by atoms with van der Waals surface area (Å²) in [6, 6.07) is 10.1. The Hall–Kier alpha value is -2.73. The maximum atomic E-state index is 12.8. The van der Waals surface area contributed by atoms with Gasteiger partial charge in [-0.3, -0.25) is 9.88 Å². The number of pyridine rings is 1. The van der Waals surface area contributed by atoms with Gasteiger partial charge in [0.2, 0.25) is 0 Å². The topological polar surface area (TPSA) is 55.3 Å². The molecule has 0 fully saturated rings. The van der Waals surface area contributed by atoms with E-state index in [1.165, 1.54) is 0 Å². The van der Waals surface area contributed by atoms with Crippen LogP contribution < -0.4 is 0 Å². The summed E-state index contributed by atoms with van der Waals surface area (Å²) in [6.45, 7) is 8.48. The molecule has 2 aromatic heterocycles. The lowest BCUT2D eigenvalue weighted by atomic mass is 9.98. The normalized spacial score (nSPS) is 17.3. The predicted octanol–water partition coefficient (Wildman–Crippen LogP) is 5.98. The molecule has 0 N–H and O–H groups in total. The van der Waals surface area contributed by atoms with Gasteiger partial charge >= 0.3 is 6.09 Å². The number of aromatic nitrogens is 2. The Balaban J connectivity index is 1.69. The lowest BCUT2D eigenvalue weighted by molar-refractivity contribution is 0.0327. The molecule has 150 valence electrons. The zero-order chi connectivity index (χ0) is 20.6. The molecule has 0 bridgehead atoms. The van der Waals surface area contributed by atoms with Crippen LogP contribution >= 0.6 is 11.3 Å². The van der Waals surface area contributed by atoms with E-state index in [9.17, 15) is 4.79 Å². The van der Waals surface area contributed by atoms with Gasteiger partial charge in [0.05, 0.1) is 15.9 Å². The number of rotatable bonds is 2. The van der Waals surface area contributed by atoms with Crippen LogP contribution in [-0.4, -0.2) is 33.1 Å². The molecule has 0 spiro atoms. The summed E-state index contributed by atoms with van der Waals surface area (Å²) in [6.07, 6.45) is 6.33. The van der Waals surface area contributed by atoms with Crippen molar-refractivity contribution in [1.82, 2.24) is 14.9 Å². The number of carbonyl (C=O) groups is 1. The predicted molar refractivity (Wildman–Crippen MR) is 118 cm³/mol. The van der Waals surface area contributed by atoms with Crippen molar-refractivity contribution in [1.29, 1.82) is 0 Å².